The van der Waals surface area contributed by atoms with Crippen molar-refractivity contribution in [3.63, 3.8) is 0 Å². The fourth-order valence-corrected chi connectivity index (χ4v) is 3.91. The van der Waals surface area contributed by atoms with Crippen LogP contribution in [0.2, 0.25) is 0 Å². The van der Waals surface area contributed by atoms with Crippen molar-refractivity contribution in [2.24, 2.45) is 11.8 Å². The SMILES string of the molecule is C=C(C)/C=C(/C)C1CC(=O)N(CCNCCN2C(=O)CC(C(C)=C/C=C/C)C2=O)C1=O. The van der Waals surface area contributed by atoms with Crippen molar-refractivity contribution in [3.8, 4) is 0 Å². The normalized spacial score (nSPS) is 23.1. The van der Waals surface area contributed by atoms with Crippen LogP contribution >= 0.6 is 0 Å². The van der Waals surface area contributed by atoms with Crippen LogP contribution in [0.3, 0.4) is 0 Å². The summed E-state index contributed by atoms with van der Waals surface area (Å²) < 4.78 is 0. The number of rotatable bonds is 10. The number of imide groups is 2. The second-order valence-corrected chi connectivity index (χ2v) is 8.20. The molecule has 1 N–H and O–H groups in total. The molecule has 2 saturated heterocycles. The number of nitrogens with one attached hydrogen (secondary N) is 1. The van der Waals surface area contributed by atoms with E-state index in [-0.39, 0.29) is 49.6 Å². The van der Waals surface area contributed by atoms with Gasteiger partial charge in [-0.1, -0.05) is 47.6 Å². The molecule has 0 aromatic rings. The predicted molar refractivity (Wildman–Crippen MR) is 120 cm³/mol. The average molecular weight is 428 g/mol. The van der Waals surface area contributed by atoms with E-state index in [4.69, 9.17) is 0 Å². The monoisotopic (exact) mass is 427 g/mol. The Balaban J connectivity index is 1.80. The Labute approximate surface area is 184 Å². The second kappa shape index (κ2) is 11.0. The zero-order valence-corrected chi connectivity index (χ0v) is 18.9. The van der Waals surface area contributed by atoms with Crippen LogP contribution in [0.25, 0.3) is 0 Å². The van der Waals surface area contributed by atoms with E-state index < -0.39 is 11.8 Å². The molecule has 7 nitrogen and oxygen atoms in total. The quantitative estimate of drug-likeness (QED) is 0.329. The highest BCUT2D eigenvalue weighted by molar-refractivity contribution is 6.05. The minimum Gasteiger partial charge on any atom is -0.313 e. The van der Waals surface area contributed by atoms with E-state index in [1.54, 1.807) is 0 Å². The van der Waals surface area contributed by atoms with Crippen molar-refractivity contribution >= 4 is 23.6 Å². The van der Waals surface area contributed by atoms with Crippen LogP contribution in [0.1, 0.15) is 40.5 Å². The van der Waals surface area contributed by atoms with Gasteiger partial charge in [0, 0.05) is 39.0 Å². The lowest BCUT2D eigenvalue weighted by Crippen LogP contribution is -2.40. The summed E-state index contributed by atoms with van der Waals surface area (Å²) in [5, 5.41) is 3.13. The lowest BCUT2D eigenvalue weighted by atomic mass is 9.97. The molecule has 168 valence electrons. The summed E-state index contributed by atoms with van der Waals surface area (Å²) in [6, 6.07) is 0. The first-order valence-corrected chi connectivity index (χ1v) is 10.7. The van der Waals surface area contributed by atoms with Crippen molar-refractivity contribution in [1.82, 2.24) is 15.1 Å². The Hall–Kier alpha value is -2.80. The Morgan fingerprint density at radius 3 is 1.87 bits per heavy atom. The summed E-state index contributed by atoms with van der Waals surface area (Å²) in [6.45, 7) is 12.6. The first-order chi connectivity index (χ1) is 14.7. The second-order valence-electron chi connectivity index (χ2n) is 8.20. The number of likely N-dealkylation sites (tertiary alicyclic amines) is 2. The van der Waals surface area contributed by atoms with Crippen LogP contribution in [0, 0.1) is 11.8 Å². The molecule has 0 radical (unpaired) electrons. The predicted octanol–water partition coefficient (Wildman–Crippen LogP) is 2.37. The molecule has 7 heteroatoms. The number of hydrogen-bond acceptors (Lipinski definition) is 5. The third kappa shape index (κ3) is 6.10. The molecule has 2 aliphatic rings. The topological polar surface area (TPSA) is 86.8 Å². The van der Waals surface area contributed by atoms with Crippen LogP contribution in [0.15, 0.2) is 47.6 Å². The van der Waals surface area contributed by atoms with Crippen molar-refractivity contribution in [3.05, 3.63) is 47.6 Å². The number of nitrogens with zero attached hydrogens (tertiary/aromatic N) is 2. The Bertz CT molecular complexity index is 853. The highest BCUT2D eigenvalue weighted by Crippen LogP contribution is 2.27. The number of carbonyl (C=O) groups excluding carboxylic acids is 4. The molecule has 0 saturated carbocycles. The molecule has 0 bridgehead atoms. The summed E-state index contributed by atoms with van der Waals surface area (Å²) in [5.41, 5.74) is 2.57. The van der Waals surface area contributed by atoms with Crippen LogP contribution in [-0.4, -0.2) is 59.6 Å². The van der Waals surface area contributed by atoms with Gasteiger partial charge in [0.2, 0.25) is 23.6 Å². The van der Waals surface area contributed by atoms with Crippen molar-refractivity contribution in [1.29, 1.82) is 0 Å². The summed E-state index contributed by atoms with van der Waals surface area (Å²) >= 11 is 0. The van der Waals surface area contributed by atoms with E-state index in [0.717, 1.165) is 16.7 Å². The van der Waals surface area contributed by atoms with Crippen LogP contribution in [0.5, 0.6) is 0 Å². The third-order valence-electron chi connectivity index (χ3n) is 5.64. The molecule has 2 aliphatic heterocycles. The summed E-state index contributed by atoms with van der Waals surface area (Å²) in [6.07, 6.45) is 7.83. The van der Waals surface area contributed by atoms with Gasteiger partial charge in [0.25, 0.3) is 0 Å². The van der Waals surface area contributed by atoms with Gasteiger partial charge in [-0.3, -0.25) is 29.0 Å². The minimum absolute atomic E-state index is 0.169. The molecule has 0 aromatic carbocycles. The maximum atomic E-state index is 12.6. The molecule has 31 heavy (non-hydrogen) atoms. The standard InChI is InChI=1S/C24H33N3O4/c1-6-7-8-17(4)19-14-21(28)26(23(19)30)11-9-25-10-12-27-22(29)15-20(24(27)31)18(5)13-16(2)3/h6-8,13,19-20,25H,2,9-12,14-15H2,1,3-5H3/b7-6+,17-8?,18-13-. The fourth-order valence-electron chi connectivity index (χ4n) is 3.91. The van der Waals surface area contributed by atoms with E-state index >= 15 is 0 Å². The van der Waals surface area contributed by atoms with Gasteiger partial charge < -0.3 is 5.32 Å². The van der Waals surface area contributed by atoms with E-state index in [0.29, 0.717) is 13.1 Å². The Morgan fingerprint density at radius 2 is 1.42 bits per heavy atom. The molecular formula is C24H33N3O4. The molecule has 4 amide bonds. The fraction of sp³-hybridized carbons (Fsp3) is 0.500. The minimum atomic E-state index is -0.417. The summed E-state index contributed by atoms with van der Waals surface area (Å²) in [7, 11) is 0. The maximum absolute atomic E-state index is 12.6. The van der Waals surface area contributed by atoms with Gasteiger partial charge in [-0.2, -0.15) is 0 Å². The van der Waals surface area contributed by atoms with Crippen LogP contribution in [0.4, 0.5) is 0 Å². The number of allylic oxidation sites excluding steroid dienone is 5. The largest absolute Gasteiger partial charge is 0.313 e. The lowest BCUT2D eigenvalue weighted by molar-refractivity contribution is -0.140. The number of carbonyl (C=O) groups is 4. The van der Waals surface area contributed by atoms with Gasteiger partial charge in [0.05, 0.1) is 11.8 Å². The Morgan fingerprint density at radius 1 is 0.935 bits per heavy atom. The zero-order chi connectivity index (χ0) is 23.1. The molecule has 2 rings (SSSR count). The van der Waals surface area contributed by atoms with Gasteiger partial charge in [-0.15, -0.1) is 0 Å². The number of hydrogen-bond donors (Lipinski definition) is 1. The van der Waals surface area contributed by atoms with Gasteiger partial charge in [0.15, 0.2) is 0 Å². The molecule has 2 fully saturated rings. The van der Waals surface area contributed by atoms with Gasteiger partial charge in [-0.25, -0.2) is 0 Å². The third-order valence-corrected chi connectivity index (χ3v) is 5.64. The molecule has 2 heterocycles. The molecule has 0 aromatic heterocycles. The molecule has 2 atom stereocenters. The Kier molecular flexibility index (Phi) is 8.68. The zero-order valence-electron chi connectivity index (χ0n) is 18.9. The van der Waals surface area contributed by atoms with Crippen LogP contribution < -0.4 is 5.32 Å². The van der Waals surface area contributed by atoms with Crippen molar-refractivity contribution < 1.29 is 19.2 Å². The molecular weight excluding hydrogens is 394 g/mol. The van der Waals surface area contributed by atoms with Gasteiger partial charge >= 0.3 is 0 Å². The van der Waals surface area contributed by atoms with Crippen molar-refractivity contribution in [2.45, 2.75) is 40.5 Å². The molecule has 0 spiro atoms. The molecule has 2 unspecified atom stereocenters. The summed E-state index contributed by atoms with van der Waals surface area (Å²) in [4.78, 5) is 52.2. The highest BCUT2D eigenvalue weighted by Gasteiger charge is 2.40. The average Bonchev–Trinajstić information content (AvgIpc) is 3.15. The number of amides is 4. The first kappa shape index (κ1) is 24.5. The van der Waals surface area contributed by atoms with E-state index in [9.17, 15) is 19.2 Å². The van der Waals surface area contributed by atoms with E-state index in [2.05, 4.69) is 11.9 Å². The highest BCUT2D eigenvalue weighted by atomic mass is 16.2. The smallest absolute Gasteiger partial charge is 0.236 e. The van der Waals surface area contributed by atoms with Gasteiger partial charge in [-0.05, 0) is 27.7 Å². The molecule has 0 aliphatic carbocycles. The van der Waals surface area contributed by atoms with E-state index in [1.807, 2.05) is 52.0 Å². The maximum Gasteiger partial charge on any atom is 0.236 e. The van der Waals surface area contributed by atoms with Crippen molar-refractivity contribution in [2.75, 3.05) is 26.2 Å². The lowest BCUT2D eigenvalue weighted by Gasteiger charge is -2.18. The summed E-state index contributed by atoms with van der Waals surface area (Å²) in [5.74, 6) is -1.51. The van der Waals surface area contributed by atoms with Crippen LogP contribution in [-0.2, 0) is 19.2 Å². The van der Waals surface area contributed by atoms with E-state index in [1.165, 1.54) is 9.80 Å². The first-order valence-electron chi connectivity index (χ1n) is 10.7. The van der Waals surface area contributed by atoms with Gasteiger partial charge in [0.1, 0.15) is 0 Å².